The highest BCUT2D eigenvalue weighted by Gasteiger charge is 2.10. The molecule has 0 unspecified atom stereocenters. The lowest BCUT2D eigenvalue weighted by Crippen LogP contribution is -2.23. The Morgan fingerprint density at radius 3 is 2.52 bits per heavy atom. The van der Waals surface area contributed by atoms with Crippen molar-refractivity contribution in [1.29, 1.82) is 5.26 Å². The van der Waals surface area contributed by atoms with E-state index in [9.17, 15) is 0 Å². The van der Waals surface area contributed by atoms with Gasteiger partial charge in [0.2, 0.25) is 0 Å². The van der Waals surface area contributed by atoms with Gasteiger partial charge in [0.1, 0.15) is 17.5 Å². The van der Waals surface area contributed by atoms with Gasteiger partial charge in [0.05, 0.1) is 18.4 Å². The molecule has 0 fully saturated rings. The zero-order chi connectivity index (χ0) is 21.6. The second-order valence-electron chi connectivity index (χ2n) is 6.63. The van der Waals surface area contributed by atoms with Crippen molar-refractivity contribution in [3.63, 3.8) is 0 Å². The monoisotopic (exact) mass is 409 g/mol. The highest BCUT2D eigenvalue weighted by atomic mass is 15.3. The number of nitrogens with zero attached hydrogens (tertiary/aromatic N) is 6. The van der Waals surface area contributed by atoms with Crippen LogP contribution >= 0.6 is 0 Å². The van der Waals surface area contributed by atoms with E-state index in [0.717, 1.165) is 22.5 Å². The van der Waals surface area contributed by atoms with Crippen LogP contribution in [-0.2, 0) is 6.54 Å². The molecule has 4 rings (SSSR count). The van der Waals surface area contributed by atoms with Gasteiger partial charge in [0, 0.05) is 11.3 Å². The number of nitrogen functional groups attached to an aromatic ring is 1. The molecule has 152 valence electrons. The molecule has 0 bridgehead atoms. The minimum Gasteiger partial charge on any atom is -0.383 e. The zero-order valence-corrected chi connectivity index (χ0v) is 16.5. The zero-order valence-electron chi connectivity index (χ0n) is 16.5. The molecule has 0 amide bonds. The number of aromatic nitrogens is 4. The Bertz CT molecular complexity index is 1250. The van der Waals surface area contributed by atoms with Crippen molar-refractivity contribution in [2.24, 2.45) is 10.7 Å². The predicted molar refractivity (Wildman–Crippen MR) is 119 cm³/mol. The molecule has 0 saturated carbocycles. The van der Waals surface area contributed by atoms with Crippen LogP contribution in [0.4, 0.5) is 17.3 Å². The van der Waals surface area contributed by atoms with Gasteiger partial charge < -0.3 is 16.8 Å². The second kappa shape index (κ2) is 8.75. The molecule has 4 aromatic rings. The molecule has 0 radical (unpaired) electrons. The highest BCUT2D eigenvalue weighted by molar-refractivity contribution is 5.94. The third kappa shape index (κ3) is 4.49. The van der Waals surface area contributed by atoms with Crippen LogP contribution in [0.15, 0.2) is 77.9 Å². The van der Waals surface area contributed by atoms with Crippen molar-refractivity contribution in [3.05, 3.63) is 84.1 Å². The molecule has 2 aromatic heterocycles. The fourth-order valence-corrected chi connectivity index (χ4v) is 2.99. The summed E-state index contributed by atoms with van der Waals surface area (Å²) in [5.74, 6) is 0.866. The van der Waals surface area contributed by atoms with Crippen LogP contribution in [0.5, 0.6) is 0 Å². The van der Waals surface area contributed by atoms with Gasteiger partial charge in [0.15, 0.2) is 11.8 Å². The van der Waals surface area contributed by atoms with Gasteiger partial charge in [-0.05, 0) is 23.8 Å². The van der Waals surface area contributed by atoms with Crippen LogP contribution in [0.1, 0.15) is 11.1 Å². The van der Waals surface area contributed by atoms with E-state index in [1.54, 1.807) is 10.7 Å². The molecule has 2 aromatic carbocycles. The Hall–Kier alpha value is -4.71. The van der Waals surface area contributed by atoms with Gasteiger partial charge in [0.25, 0.3) is 0 Å². The van der Waals surface area contributed by atoms with Crippen molar-refractivity contribution in [2.75, 3.05) is 11.1 Å². The second-order valence-corrected chi connectivity index (χ2v) is 6.63. The molecular weight excluding hydrogens is 390 g/mol. The molecule has 0 atom stereocenters. The molecule has 0 aliphatic rings. The van der Waals surface area contributed by atoms with Crippen LogP contribution in [0, 0.1) is 11.3 Å². The first-order valence-corrected chi connectivity index (χ1v) is 9.43. The summed E-state index contributed by atoms with van der Waals surface area (Å²) in [6, 6.07) is 22.9. The van der Waals surface area contributed by atoms with Crippen LogP contribution in [0.2, 0.25) is 0 Å². The summed E-state index contributed by atoms with van der Waals surface area (Å²) in [6.45, 7) is 0.371. The fourth-order valence-electron chi connectivity index (χ4n) is 2.99. The first-order chi connectivity index (χ1) is 15.1. The van der Waals surface area contributed by atoms with Crippen LogP contribution < -0.4 is 16.8 Å². The minimum absolute atomic E-state index is 0.167. The minimum atomic E-state index is 0.167. The molecule has 5 N–H and O–H groups in total. The van der Waals surface area contributed by atoms with Crippen molar-refractivity contribution in [1.82, 2.24) is 20.0 Å². The number of nitrogens with one attached hydrogen (secondary N) is 1. The van der Waals surface area contributed by atoms with Crippen molar-refractivity contribution in [3.8, 4) is 17.3 Å². The first kappa shape index (κ1) is 19.6. The molecule has 0 aliphatic carbocycles. The van der Waals surface area contributed by atoms with E-state index in [0.29, 0.717) is 23.7 Å². The van der Waals surface area contributed by atoms with Crippen molar-refractivity contribution >= 4 is 23.3 Å². The largest absolute Gasteiger partial charge is 0.383 e. The SMILES string of the molecule is N#Cc1cnn(Cc2ccccc2NC(N)=Nc2ccc(-c3ccccc3)nn2)c1N. The van der Waals surface area contributed by atoms with Crippen LogP contribution in [0.25, 0.3) is 11.3 Å². The van der Waals surface area contributed by atoms with Gasteiger partial charge in [-0.1, -0.05) is 48.5 Å². The van der Waals surface area contributed by atoms with Gasteiger partial charge in [-0.2, -0.15) is 15.4 Å². The maximum atomic E-state index is 9.05. The molecule has 31 heavy (non-hydrogen) atoms. The number of aliphatic imine (C=N–C) groups is 1. The molecule has 9 heteroatoms. The normalized spacial score (nSPS) is 11.1. The Labute approximate surface area is 178 Å². The number of hydrogen-bond acceptors (Lipinski definition) is 6. The van der Waals surface area contributed by atoms with E-state index in [4.69, 9.17) is 16.7 Å². The average Bonchev–Trinajstić information content (AvgIpc) is 3.15. The van der Waals surface area contributed by atoms with Crippen molar-refractivity contribution < 1.29 is 0 Å². The van der Waals surface area contributed by atoms with Gasteiger partial charge in [-0.15, -0.1) is 10.2 Å². The van der Waals surface area contributed by atoms with Gasteiger partial charge in [-0.3, -0.25) is 0 Å². The Kier molecular flexibility index (Phi) is 5.53. The molecule has 9 nitrogen and oxygen atoms in total. The maximum Gasteiger partial charge on any atom is 0.199 e. The third-order valence-electron chi connectivity index (χ3n) is 4.56. The Morgan fingerprint density at radius 2 is 1.81 bits per heavy atom. The summed E-state index contributed by atoms with van der Waals surface area (Å²) in [6.07, 6.45) is 1.44. The summed E-state index contributed by atoms with van der Waals surface area (Å²) in [5.41, 5.74) is 15.7. The molecule has 0 aliphatic heterocycles. The number of para-hydroxylation sites is 1. The Balaban J connectivity index is 1.51. The predicted octanol–water partition coefficient (Wildman–Crippen LogP) is 2.90. The van der Waals surface area contributed by atoms with E-state index in [1.807, 2.05) is 66.7 Å². The molecule has 0 saturated heterocycles. The first-order valence-electron chi connectivity index (χ1n) is 9.43. The summed E-state index contributed by atoms with van der Waals surface area (Å²) in [7, 11) is 0. The summed E-state index contributed by atoms with van der Waals surface area (Å²) in [5, 5.41) is 24.6. The number of rotatable bonds is 5. The number of guanidine groups is 1. The quantitative estimate of drug-likeness (QED) is 0.339. The number of anilines is 2. The molecular formula is C22H19N9. The van der Waals surface area contributed by atoms with E-state index in [-0.39, 0.29) is 5.96 Å². The topological polar surface area (TPSA) is 144 Å². The Morgan fingerprint density at radius 1 is 1.03 bits per heavy atom. The average molecular weight is 409 g/mol. The van der Waals surface area contributed by atoms with Crippen LogP contribution in [-0.4, -0.2) is 25.9 Å². The maximum absolute atomic E-state index is 9.05. The smallest absolute Gasteiger partial charge is 0.199 e. The lowest BCUT2D eigenvalue weighted by atomic mass is 10.1. The fraction of sp³-hybridized carbons (Fsp3) is 0.0455. The summed E-state index contributed by atoms with van der Waals surface area (Å²) < 4.78 is 1.56. The standard InChI is InChI=1S/C22H19N9/c23-12-17-13-26-31(21(17)24)14-16-8-4-5-9-18(16)27-22(25)28-20-11-10-19(29-30-20)15-6-2-1-3-7-15/h1-11,13H,14,24H2,(H3,25,27,28,30). The van der Waals surface area contributed by atoms with Crippen LogP contribution in [0.3, 0.4) is 0 Å². The number of nitriles is 1. The summed E-state index contributed by atoms with van der Waals surface area (Å²) in [4.78, 5) is 4.29. The van der Waals surface area contributed by atoms with E-state index < -0.39 is 0 Å². The lowest BCUT2D eigenvalue weighted by Gasteiger charge is -2.12. The lowest BCUT2D eigenvalue weighted by molar-refractivity contribution is 0.698. The van der Waals surface area contributed by atoms with Crippen molar-refractivity contribution in [2.45, 2.75) is 6.54 Å². The van der Waals surface area contributed by atoms with E-state index in [1.165, 1.54) is 6.20 Å². The number of benzene rings is 2. The third-order valence-corrected chi connectivity index (χ3v) is 4.56. The molecule has 2 heterocycles. The number of nitrogens with two attached hydrogens (primary N) is 2. The van der Waals surface area contributed by atoms with E-state index in [2.05, 4.69) is 25.6 Å². The van der Waals surface area contributed by atoms with E-state index >= 15 is 0 Å². The molecule has 0 spiro atoms. The number of hydrogen-bond donors (Lipinski definition) is 3. The highest BCUT2D eigenvalue weighted by Crippen LogP contribution is 2.20. The van der Waals surface area contributed by atoms with Gasteiger partial charge in [-0.25, -0.2) is 4.68 Å². The van der Waals surface area contributed by atoms with Gasteiger partial charge >= 0.3 is 0 Å². The summed E-state index contributed by atoms with van der Waals surface area (Å²) >= 11 is 0.